The molecule has 0 aliphatic carbocycles. The van der Waals surface area contributed by atoms with Gasteiger partial charge in [0.25, 0.3) is 0 Å². The first-order valence-electron chi connectivity index (χ1n) is 7.71. The molecule has 2 aromatic heterocycles. The van der Waals surface area contributed by atoms with Crippen molar-refractivity contribution < 1.29 is 0 Å². The van der Waals surface area contributed by atoms with Gasteiger partial charge in [0, 0.05) is 10.8 Å². The lowest BCUT2D eigenvalue weighted by Crippen LogP contribution is -1.98. The van der Waals surface area contributed by atoms with Crippen LogP contribution in [0, 0.1) is 6.92 Å². The molecule has 0 bridgehead atoms. The van der Waals surface area contributed by atoms with Crippen molar-refractivity contribution >= 4 is 34.5 Å². The van der Waals surface area contributed by atoms with E-state index in [1.165, 1.54) is 5.56 Å². The zero-order chi connectivity index (χ0) is 17.2. The van der Waals surface area contributed by atoms with Crippen LogP contribution in [0.1, 0.15) is 11.1 Å². The number of aromatic nitrogens is 5. The molecule has 0 N–H and O–H groups in total. The van der Waals surface area contributed by atoms with Crippen molar-refractivity contribution in [2.75, 3.05) is 0 Å². The molecule has 25 heavy (non-hydrogen) atoms. The third kappa shape index (κ3) is 3.36. The van der Waals surface area contributed by atoms with E-state index >= 15 is 0 Å². The summed E-state index contributed by atoms with van der Waals surface area (Å²) in [5.41, 5.74) is 4.66. The van der Waals surface area contributed by atoms with Gasteiger partial charge in [0.15, 0.2) is 11.2 Å². The quantitative estimate of drug-likeness (QED) is 0.393. The van der Waals surface area contributed by atoms with Crippen molar-refractivity contribution in [2.24, 2.45) is 0 Å². The number of rotatable bonds is 4. The molecule has 7 heteroatoms. The zero-order valence-electron chi connectivity index (χ0n) is 13.4. The molecule has 0 radical (unpaired) electrons. The zero-order valence-corrected chi connectivity index (χ0v) is 15.0. The van der Waals surface area contributed by atoms with Crippen LogP contribution in [0.3, 0.4) is 0 Å². The summed E-state index contributed by atoms with van der Waals surface area (Å²) in [7, 11) is 0. The van der Waals surface area contributed by atoms with Gasteiger partial charge in [0.1, 0.15) is 11.4 Å². The highest BCUT2D eigenvalue weighted by molar-refractivity contribution is 7.98. The highest BCUT2D eigenvalue weighted by Crippen LogP contribution is 2.27. The summed E-state index contributed by atoms with van der Waals surface area (Å²) >= 11 is 7.64. The lowest BCUT2D eigenvalue weighted by Gasteiger charge is -2.04. The van der Waals surface area contributed by atoms with E-state index < -0.39 is 0 Å². The van der Waals surface area contributed by atoms with Gasteiger partial charge < -0.3 is 0 Å². The maximum atomic E-state index is 6.04. The average molecular weight is 368 g/mol. The molecule has 2 heterocycles. The second-order valence-electron chi connectivity index (χ2n) is 5.61. The van der Waals surface area contributed by atoms with Crippen LogP contribution in [0.4, 0.5) is 0 Å². The Hall–Kier alpha value is -2.44. The van der Waals surface area contributed by atoms with Crippen molar-refractivity contribution in [3.05, 3.63) is 71.0 Å². The maximum Gasteiger partial charge on any atom is 0.187 e. The SMILES string of the molecule is Cc1ccc(-n2nnc3c(SCc4cccc(Cl)c4)ncnc32)cc1. The van der Waals surface area contributed by atoms with Crippen molar-refractivity contribution in [1.82, 2.24) is 25.0 Å². The first-order valence-corrected chi connectivity index (χ1v) is 9.08. The van der Waals surface area contributed by atoms with Crippen LogP contribution in [0.2, 0.25) is 5.02 Å². The molecule has 4 aromatic rings. The van der Waals surface area contributed by atoms with Gasteiger partial charge in [0.2, 0.25) is 0 Å². The Morgan fingerprint density at radius 2 is 1.92 bits per heavy atom. The number of fused-ring (bicyclic) bond motifs is 1. The minimum absolute atomic E-state index is 0.701. The summed E-state index contributed by atoms with van der Waals surface area (Å²) in [6, 6.07) is 15.9. The molecule has 2 aromatic carbocycles. The van der Waals surface area contributed by atoms with Gasteiger partial charge in [-0.2, -0.15) is 4.68 Å². The molecular weight excluding hydrogens is 354 g/mol. The molecular formula is C18H14ClN5S. The van der Waals surface area contributed by atoms with Crippen molar-refractivity contribution in [3.63, 3.8) is 0 Å². The van der Waals surface area contributed by atoms with Crippen LogP contribution in [-0.4, -0.2) is 25.0 Å². The van der Waals surface area contributed by atoms with Crippen LogP contribution in [0.5, 0.6) is 0 Å². The summed E-state index contributed by atoms with van der Waals surface area (Å²) in [5.74, 6) is 0.754. The second-order valence-corrected chi connectivity index (χ2v) is 7.01. The Balaban J connectivity index is 1.66. The van der Waals surface area contributed by atoms with Crippen LogP contribution in [0.25, 0.3) is 16.9 Å². The fourth-order valence-electron chi connectivity index (χ4n) is 2.47. The van der Waals surface area contributed by atoms with Crippen LogP contribution in [-0.2, 0) is 5.75 Å². The molecule has 0 amide bonds. The Bertz CT molecular complexity index is 1030. The average Bonchev–Trinajstić information content (AvgIpc) is 3.05. The molecule has 0 fully saturated rings. The van der Waals surface area contributed by atoms with Gasteiger partial charge in [-0.15, -0.1) is 5.10 Å². The number of hydrogen-bond acceptors (Lipinski definition) is 5. The normalized spacial score (nSPS) is 11.1. The third-order valence-corrected chi connectivity index (χ3v) is 5.03. The molecule has 0 saturated carbocycles. The summed E-state index contributed by atoms with van der Waals surface area (Å²) < 4.78 is 1.74. The number of hydrogen-bond donors (Lipinski definition) is 0. The summed E-state index contributed by atoms with van der Waals surface area (Å²) in [5, 5.41) is 10.1. The highest BCUT2D eigenvalue weighted by Gasteiger charge is 2.13. The lowest BCUT2D eigenvalue weighted by molar-refractivity contribution is 0.816. The van der Waals surface area contributed by atoms with Gasteiger partial charge in [0.05, 0.1) is 5.69 Å². The van der Waals surface area contributed by atoms with Crippen molar-refractivity contribution in [1.29, 1.82) is 0 Å². The second kappa shape index (κ2) is 6.82. The molecule has 4 rings (SSSR count). The van der Waals surface area contributed by atoms with Crippen molar-refractivity contribution in [2.45, 2.75) is 17.7 Å². The monoisotopic (exact) mass is 367 g/mol. The van der Waals surface area contributed by atoms with E-state index in [0.717, 1.165) is 27.1 Å². The Morgan fingerprint density at radius 3 is 2.72 bits per heavy atom. The van der Waals surface area contributed by atoms with Gasteiger partial charge in [-0.1, -0.05) is 58.4 Å². The highest BCUT2D eigenvalue weighted by atomic mass is 35.5. The van der Waals surface area contributed by atoms with Gasteiger partial charge >= 0.3 is 0 Å². The molecule has 124 valence electrons. The molecule has 0 saturated heterocycles. The van der Waals surface area contributed by atoms with Crippen LogP contribution >= 0.6 is 23.4 Å². The van der Waals surface area contributed by atoms with Gasteiger partial charge in [-0.25, -0.2) is 9.97 Å². The predicted molar refractivity (Wildman–Crippen MR) is 100 cm³/mol. The molecule has 5 nitrogen and oxygen atoms in total. The summed E-state index contributed by atoms with van der Waals surface area (Å²) in [4.78, 5) is 8.73. The Labute approximate surface area is 154 Å². The first kappa shape index (κ1) is 16.1. The number of aryl methyl sites for hydroxylation is 1. The summed E-state index contributed by atoms with van der Waals surface area (Å²) in [6.45, 7) is 2.05. The van der Waals surface area contributed by atoms with Crippen LogP contribution in [0.15, 0.2) is 59.9 Å². The van der Waals surface area contributed by atoms with E-state index in [1.807, 2.05) is 48.5 Å². The number of nitrogens with zero attached hydrogens (tertiary/aromatic N) is 5. The topological polar surface area (TPSA) is 56.5 Å². The fraction of sp³-hybridized carbons (Fsp3) is 0.111. The third-order valence-electron chi connectivity index (χ3n) is 3.75. The van der Waals surface area contributed by atoms with E-state index in [2.05, 4.69) is 27.2 Å². The maximum absolute atomic E-state index is 6.04. The van der Waals surface area contributed by atoms with Crippen LogP contribution < -0.4 is 0 Å². The number of halogens is 1. The van der Waals surface area contributed by atoms with Gasteiger partial charge in [-0.3, -0.25) is 0 Å². The van der Waals surface area contributed by atoms with E-state index in [4.69, 9.17) is 11.6 Å². The standard InChI is InChI=1S/C18H14ClN5S/c1-12-5-7-15(8-6-12)24-17-16(22-23-24)18(21-11-20-17)25-10-13-3-2-4-14(19)9-13/h2-9,11H,10H2,1H3. The Morgan fingerprint density at radius 1 is 1.08 bits per heavy atom. The lowest BCUT2D eigenvalue weighted by atomic mass is 10.2. The molecule has 0 spiro atoms. The summed E-state index contributed by atoms with van der Waals surface area (Å²) in [6.07, 6.45) is 1.55. The minimum Gasteiger partial charge on any atom is -0.227 e. The number of thioether (sulfide) groups is 1. The molecule has 0 aliphatic rings. The van der Waals surface area contributed by atoms with Crippen molar-refractivity contribution in [3.8, 4) is 5.69 Å². The minimum atomic E-state index is 0.701. The molecule has 0 unspecified atom stereocenters. The van der Waals surface area contributed by atoms with Gasteiger partial charge in [-0.05, 0) is 36.8 Å². The predicted octanol–water partition coefficient (Wildman–Crippen LogP) is 4.46. The largest absolute Gasteiger partial charge is 0.227 e. The van der Waals surface area contributed by atoms with E-state index in [9.17, 15) is 0 Å². The van der Waals surface area contributed by atoms with E-state index in [0.29, 0.717) is 11.2 Å². The fourth-order valence-corrected chi connectivity index (χ4v) is 3.56. The molecule has 0 atom stereocenters. The first-order chi connectivity index (χ1) is 12.2. The smallest absolute Gasteiger partial charge is 0.187 e. The Kier molecular flexibility index (Phi) is 4.38. The van der Waals surface area contributed by atoms with E-state index in [-0.39, 0.29) is 0 Å². The van der Waals surface area contributed by atoms with E-state index in [1.54, 1.807) is 22.8 Å². The number of benzene rings is 2. The molecule has 0 aliphatic heterocycles.